The minimum atomic E-state index is -0.346. The fraction of sp³-hybridized carbons (Fsp3) is 0.938. The van der Waals surface area contributed by atoms with E-state index in [0.717, 1.165) is 45.1 Å². The molecule has 2 N–H and O–H groups in total. The summed E-state index contributed by atoms with van der Waals surface area (Å²) < 4.78 is 0. The quantitative estimate of drug-likeness (QED) is 0.784. The number of hydrogen-bond donors (Lipinski definition) is 2. The topological polar surface area (TPSA) is 52.6 Å². The monoisotopic (exact) mass is 282 g/mol. The van der Waals surface area contributed by atoms with Gasteiger partial charge in [0.25, 0.3) is 0 Å². The molecular formula is C16H30N2O2. The smallest absolute Gasteiger partial charge is 0.243 e. The molecule has 20 heavy (non-hydrogen) atoms. The van der Waals surface area contributed by atoms with Crippen molar-refractivity contribution in [2.24, 2.45) is 0 Å². The number of aliphatic hydroxyl groups excluding tert-OH is 1. The summed E-state index contributed by atoms with van der Waals surface area (Å²) in [7, 11) is 0. The molecule has 0 bridgehead atoms. The number of amides is 1. The zero-order valence-electron chi connectivity index (χ0n) is 12.9. The molecule has 1 unspecified atom stereocenters. The van der Waals surface area contributed by atoms with E-state index in [2.05, 4.69) is 12.2 Å². The number of carbonyl (C=O) groups is 1. The van der Waals surface area contributed by atoms with E-state index in [0.29, 0.717) is 12.6 Å². The molecular weight excluding hydrogens is 252 g/mol. The van der Waals surface area contributed by atoms with E-state index in [-0.39, 0.29) is 18.1 Å². The van der Waals surface area contributed by atoms with E-state index in [1.807, 2.05) is 4.90 Å². The predicted molar refractivity (Wildman–Crippen MR) is 80.5 cm³/mol. The molecule has 2 fully saturated rings. The van der Waals surface area contributed by atoms with E-state index in [9.17, 15) is 9.90 Å². The highest BCUT2D eigenvalue weighted by molar-refractivity contribution is 5.87. The summed E-state index contributed by atoms with van der Waals surface area (Å²) in [5.74, 6) is 0.248. The normalized spacial score (nSPS) is 27.7. The molecule has 1 heterocycles. The van der Waals surface area contributed by atoms with Crippen LogP contribution in [0.5, 0.6) is 0 Å². The average Bonchev–Trinajstić information content (AvgIpc) is 2.95. The highest BCUT2D eigenvalue weighted by atomic mass is 16.3. The second kappa shape index (κ2) is 7.41. The molecule has 116 valence electrons. The molecule has 1 atom stereocenters. The Kier molecular flexibility index (Phi) is 5.85. The van der Waals surface area contributed by atoms with Crippen LogP contribution in [0.3, 0.4) is 0 Å². The first-order valence-corrected chi connectivity index (χ1v) is 8.40. The molecule has 2 aliphatic rings. The Hall–Kier alpha value is -0.610. The van der Waals surface area contributed by atoms with Crippen molar-refractivity contribution in [2.75, 3.05) is 19.7 Å². The van der Waals surface area contributed by atoms with Gasteiger partial charge in [0, 0.05) is 12.6 Å². The average molecular weight is 282 g/mol. The van der Waals surface area contributed by atoms with Crippen molar-refractivity contribution in [3.05, 3.63) is 0 Å². The van der Waals surface area contributed by atoms with Gasteiger partial charge in [-0.3, -0.25) is 4.79 Å². The van der Waals surface area contributed by atoms with Gasteiger partial charge in [0.2, 0.25) is 5.91 Å². The van der Waals surface area contributed by atoms with Crippen LogP contribution >= 0.6 is 0 Å². The Morgan fingerprint density at radius 1 is 1.30 bits per heavy atom. The third-order valence-corrected chi connectivity index (χ3v) is 4.95. The maximum Gasteiger partial charge on any atom is 0.243 e. The van der Waals surface area contributed by atoms with Crippen LogP contribution in [0.4, 0.5) is 0 Å². The number of rotatable bonds is 6. The molecule has 4 nitrogen and oxygen atoms in total. The number of aliphatic hydroxyl groups is 1. The Bertz CT molecular complexity index is 308. The molecule has 4 heteroatoms. The molecule has 1 saturated carbocycles. The first-order valence-electron chi connectivity index (χ1n) is 8.40. The van der Waals surface area contributed by atoms with Gasteiger partial charge in [0.05, 0.1) is 12.1 Å². The number of nitrogens with zero attached hydrogens (tertiary/aromatic N) is 1. The van der Waals surface area contributed by atoms with Crippen LogP contribution in [0.25, 0.3) is 0 Å². The lowest BCUT2D eigenvalue weighted by Crippen LogP contribution is -2.58. The third kappa shape index (κ3) is 3.34. The second-order valence-corrected chi connectivity index (χ2v) is 6.38. The minimum absolute atomic E-state index is 0.0739. The zero-order chi connectivity index (χ0) is 14.4. The summed E-state index contributed by atoms with van der Waals surface area (Å²) in [6.45, 7) is 3.66. The Morgan fingerprint density at radius 2 is 2.05 bits per heavy atom. The molecule has 1 aliphatic carbocycles. The Labute approximate surface area is 122 Å². The van der Waals surface area contributed by atoms with E-state index >= 15 is 0 Å². The fourth-order valence-corrected chi connectivity index (χ4v) is 3.96. The lowest BCUT2D eigenvalue weighted by molar-refractivity contribution is -0.142. The van der Waals surface area contributed by atoms with Crippen LogP contribution in [0.1, 0.15) is 64.7 Å². The van der Waals surface area contributed by atoms with Crippen molar-refractivity contribution in [2.45, 2.75) is 76.3 Å². The van der Waals surface area contributed by atoms with Gasteiger partial charge in [0.1, 0.15) is 0 Å². The van der Waals surface area contributed by atoms with Gasteiger partial charge < -0.3 is 15.3 Å². The molecule has 1 saturated heterocycles. The Balaban J connectivity index is 2.11. The zero-order valence-corrected chi connectivity index (χ0v) is 12.9. The summed E-state index contributed by atoms with van der Waals surface area (Å²) in [6.07, 6.45) is 9.91. The largest absolute Gasteiger partial charge is 0.395 e. The number of hydrogen-bond acceptors (Lipinski definition) is 3. The molecule has 2 rings (SSSR count). The van der Waals surface area contributed by atoms with Crippen LogP contribution in [-0.4, -0.2) is 47.2 Å². The van der Waals surface area contributed by atoms with Crippen molar-refractivity contribution >= 4 is 5.91 Å². The molecule has 0 aromatic carbocycles. The van der Waals surface area contributed by atoms with E-state index in [4.69, 9.17) is 0 Å². The van der Waals surface area contributed by atoms with Gasteiger partial charge in [-0.25, -0.2) is 0 Å². The first kappa shape index (κ1) is 15.8. The standard InChI is InChI=1S/C16H30N2O2/c1-2-9-16(10-6-11-17-16)15(20)18(12-13-19)14-7-4-3-5-8-14/h14,17,19H,2-13H2,1H3. The Morgan fingerprint density at radius 3 is 2.60 bits per heavy atom. The summed E-state index contributed by atoms with van der Waals surface area (Å²) in [5, 5.41) is 12.8. The van der Waals surface area contributed by atoms with Crippen molar-refractivity contribution in [3.63, 3.8) is 0 Å². The van der Waals surface area contributed by atoms with Crippen molar-refractivity contribution in [1.29, 1.82) is 0 Å². The molecule has 0 radical (unpaired) electrons. The van der Waals surface area contributed by atoms with Gasteiger partial charge >= 0.3 is 0 Å². The van der Waals surface area contributed by atoms with Crippen LogP contribution < -0.4 is 5.32 Å². The van der Waals surface area contributed by atoms with Gasteiger partial charge in [-0.05, 0) is 38.6 Å². The minimum Gasteiger partial charge on any atom is -0.395 e. The van der Waals surface area contributed by atoms with Gasteiger partial charge in [0.15, 0.2) is 0 Å². The van der Waals surface area contributed by atoms with Crippen molar-refractivity contribution < 1.29 is 9.90 Å². The van der Waals surface area contributed by atoms with E-state index in [1.165, 1.54) is 19.3 Å². The van der Waals surface area contributed by atoms with Gasteiger partial charge in [-0.2, -0.15) is 0 Å². The highest BCUT2D eigenvalue weighted by Gasteiger charge is 2.43. The van der Waals surface area contributed by atoms with Crippen LogP contribution in [0.2, 0.25) is 0 Å². The van der Waals surface area contributed by atoms with Gasteiger partial charge in [-0.15, -0.1) is 0 Å². The van der Waals surface area contributed by atoms with Crippen LogP contribution in [0, 0.1) is 0 Å². The summed E-state index contributed by atoms with van der Waals surface area (Å²) in [6, 6.07) is 0.347. The second-order valence-electron chi connectivity index (χ2n) is 6.38. The number of carbonyl (C=O) groups excluding carboxylic acids is 1. The fourth-order valence-electron chi connectivity index (χ4n) is 3.96. The molecule has 0 aromatic heterocycles. The lowest BCUT2D eigenvalue weighted by atomic mass is 9.87. The first-order chi connectivity index (χ1) is 9.73. The summed E-state index contributed by atoms with van der Waals surface area (Å²) >= 11 is 0. The molecule has 1 amide bonds. The molecule has 0 aromatic rings. The molecule has 1 aliphatic heterocycles. The maximum atomic E-state index is 13.1. The third-order valence-electron chi connectivity index (χ3n) is 4.95. The predicted octanol–water partition coefficient (Wildman–Crippen LogP) is 2.06. The van der Waals surface area contributed by atoms with E-state index < -0.39 is 0 Å². The summed E-state index contributed by atoms with van der Waals surface area (Å²) in [4.78, 5) is 15.1. The van der Waals surface area contributed by atoms with E-state index in [1.54, 1.807) is 0 Å². The van der Waals surface area contributed by atoms with Crippen LogP contribution in [-0.2, 0) is 4.79 Å². The lowest BCUT2D eigenvalue weighted by Gasteiger charge is -2.40. The van der Waals surface area contributed by atoms with Gasteiger partial charge in [-0.1, -0.05) is 32.6 Å². The molecule has 0 spiro atoms. The summed E-state index contributed by atoms with van der Waals surface area (Å²) in [5.41, 5.74) is -0.346. The maximum absolute atomic E-state index is 13.1. The van der Waals surface area contributed by atoms with Crippen LogP contribution in [0.15, 0.2) is 0 Å². The van der Waals surface area contributed by atoms with Crippen molar-refractivity contribution in [1.82, 2.24) is 10.2 Å². The van der Waals surface area contributed by atoms with Crippen molar-refractivity contribution in [3.8, 4) is 0 Å². The SMILES string of the molecule is CCCC1(C(=O)N(CCO)C2CCCCC2)CCCN1. The highest BCUT2D eigenvalue weighted by Crippen LogP contribution is 2.30. The number of nitrogens with one attached hydrogen (secondary N) is 1.